The Hall–Kier alpha value is -1.95. The Kier molecular flexibility index (Phi) is 3.14. The summed E-state index contributed by atoms with van der Waals surface area (Å²) in [5.74, 6) is 0.362. The van der Waals surface area contributed by atoms with E-state index < -0.39 is 0 Å². The molecule has 3 aliphatic rings. The predicted octanol–water partition coefficient (Wildman–Crippen LogP) is 1.06. The Morgan fingerprint density at radius 1 is 1.32 bits per heavy atom. The highest BCUT2D eigenvalue weighted by Gasteiger charge is 2.34. The van der Waals surface area contributed by atoms with E-state index in [4.69, 9.17) is 0 Å². The van der Waals surface area contributed by atoms with Crippen molar-refractivity contribution in [3.05, 3.63) is 29.2 Å². The van der Waals surface area contributed by atoms with Crippen LogP contribution in [0.1, 0.15) is 29.8 Å². The summed E-state index contributed by atoms with van der Waals surface area (Å²) in [5, 5.41) is 7.59. The van der Waals surface area contributed by atoms with Crippen LogP contribution in [-0.2, 0) is 11.3 Å². The summed E-state index contributed by atoms with van der Waals surface area (Å²) < 4.78 is 1.90. The van der Waals surface area contributed by atoms with Crippen LogP contribution in [0, 0.1) is 19.8 Å². The molecule has 2 aromatic heterocycles. The lowest BCUT2D eigenvalue weighted by molar-refractivity contribution is -0.126. The average Bonchev–Trinajstić information content (AvgIpc) is 2.66. The minimum atomic E-state index is 0.136. The fraction of sp³-hybridized carbons (Fsp3) is 0.562. The Morgan fingerprint density at radius 2 is 2.18 bits per heavy atom. The summed E-state index contributed by atoms with van der Waals surface area (Å²) in [4.78, 5) is 19.0. The van der Waals surface area contributed by atoms with Gasteiger partial charge in [-0.15, -0.1) is 0 Å². The molecule has 3 fully saturated rings. The summed E-state index contributed by atoms with van der Waals surface area (Å²) in [5.41, 5.74) is 4.19. The second-order valence-corrected chi connectivity index (χ2v) is 6.62. The fourth-order valence-corrected chi connectivity index (χ4v) is 3.73. The molecule has 1 amide bonds. The first-order valence-electron chi connectivity index (χ1n) is 7.94. The van der Waals surface area contributed by atoms with E-state index in [0.717, 1.165) is 55.1 Å². The Morgan fingerprint density at radius 3 is 3.00 bits per heavy atom. The highest BCUT2D eigenvalue weighted by atomic mass is 16.2. The van der Waals surface area contributed by atoms with Crippen molar-refractivity contribution in [3.63, 3.8) is 0 Å². The molecule has 6 heteroatoms. The summed E-state index contributed by atoms with van der Waals surface area (Å²) in [6.45, 7) is 6.63. The van der Waals surface area contributed by atoms with E-state index in [1.54, 1.807) is 0 Å². The average molecular weight is 299 g/mol. The first kappa shape index (κ1) is 13.7. The van der Waals surface area contributed by atoms with Crippen LogP contribution in [-0.4, -0.2) is 44.5 Å². The highest BCUT2D eigenvalue weighted by molar-refractivity contribution is 5.80. The predicted molar refractivity (Wildman–Crippen MR) is 82.4 cm³/mol. The van der Waals surface area contributed by atoms with E-state index in [1.165, 1.54) is 0 Å². The van der Waals surface area contributed by atoms with Gasteiger partial charge in [0.15, 0.2) is 5.65 Å². The molecule has 2 atom stereocenters. The normalized spacial score (nSPS) is 25.5. The number of fused-ring (bicyclic) bond motifs is 5. The van der Waals surface area contributed by atoms with E-state index in [9.17, 15) is 4.79 Å². The first-order chi connectivity index (χ1) is 10.6. The molecule has 2 aromatic rings. The second kappa shape index (κ2) is 5.05. The fourth-order valence-electron chi connectivity index (χ4n) is 3.73. The number of aromatic nitrogens is 3. The van der Waals surface area contributed by atoms with Crippen LogP contribution in [0.5, 0.6) is 0 Å². The molecule has 0 spiro atoms. The van der Waals surface area contributed by atoms with Gasteiger partial charge in [0.05, 0.1) is 12.1 Å². The van der Waals surface area contributed by atoms with Gasteiger partial charge in [-0.05, 0) is 32.8 Å². The van der Waals surface area contributed by atoms with Crippen molar-refractivity contribution in [2.75, 3.05) is 13.1 Å². The summed E-state index contributed by atoms with van der Waals surface area (Å²) in [6, 6.07) is 2.34. The Bertz CT molecular complexity index is 737. The van der Waals surface area contributed by atoms with Gasteiger partial charge in [-0.3, -0.25) is 9.69 Å². The molecule has 0 saturated carbocycles. The van der Waals surface area contributed by atoms with Crippen molar-refractivity contribution >= 4 is 11.6 Å². The first-order valence-corrected chi connectivity index (χ1v) is 7.94. The molecular weight excluding hydrogens is 278 g/mol. The zero-order chi connectivity index (χ0) is 15.3. The number of carbonyl (C=O) groups is 1. The van der Waals surface area contributed by atoms with Crippen LogP contribution in [0.25, 0.3) is 5.65 Å². The number of nitrogens with one attached hydrogen (secondary N) is 1. The summed E-state index contributed by atoms with van der Waals surface area (Å²) in [7, 11) is 0. The van der Waals surface area contributed by atoms with E-state index in [1.807, 2.05) is 30.6 Å². The van der Waals surface area contributed by atoms with Crippen LogP contribution in [0.3, 0.4) is 0 Å². The minimum absolute atomic E-state index is 0.136. The minimum Gasteiger partial charge on any atom is -0.352 e. The quantitative estimate of drug-likeness (QED) is 0.900. The molecule has 0 aliphatic carbocycles. The lowest BCUT2D eigenvalue weighted by atomic mass is 9.96. The van der Waals surface area contributed by atoms with Gasteiger partial charge in [0.1, 0.15) is 0 Å². The van der Waals surface area contributed by atoms with Gasteiger partial charge in [0.2, 0.25) is 5.91 Å². The van der Waals surface area contributed by atoms with Crippen molar-refractivity contribution in [2.24, 2.45) is 5.92 Å². The molecule has 3 aliphatic heterocycles. The number of nitrogens with zero attached hydrogens (tertiary/aromatic N) is 4. The largest absolute Gasteiger partial charge is 0.352 e. The third-order valence-electron chi connectivity index (χ3n) is 4.78. The number of amides is 1. The van der Waals surface area contributed by atoms with Crippen LogP contribution in [0.2, 0.25) is 0 Å². The molecular formula is C16H21N5O. The van der Waals surface area contributed by atoms with Crippen LogP contribution < -0.4 is 5.32 Å². The van der Waals surface area contributed by atoms with E-state index in [2.05, 4.69) is 20.3 Å². The van der Waals surface area contributed by atoms with Crippen molar-refractivity contribution in [2.45, 2.75) is 39.3 Å². The Balaban J connectivity index is 1.63. The molecule has 0 unspecified atom stereocenters. The Labute approximate surface area is 129 Å². The SMILES string of the molecule is Cc1cc(C)n2ncc(CN3C[C@@H]4CC[C@H](C3)C(=O)N4)c2n1. The smallest absolute Gasteiger partial charge is 0.224 e. The molecule has 5 rings (SSSR count). The van der Waals surface area contributed by atoms with Gasteiger partial charge in [0, 0.05) is 42.6 Å². The number of carbonyl (C=O) groups excluding carboxylic acids is 1. The standard InChI is InChI=1S/C16H21N5O/c1-10-5-11(2)21-15(18-10)13(6-17-21)8-20-7-12-3-4-14(9-20)19-16(12)22/h5-6,12,14H,3-4,7-9H2,1-2H3,(H,19,22)/t12-,14+/m1/s1. The van der Waals surface area contributed by atoms with Gasteiger partial charge in [-0.1, -0.05) is 0 Å². The summed E-state index contributed by atoms with van der Waals surface area (Å²) in [6.07, 6.45) is 4.02. The molecule has 6 nitrogen and oxygen atoms in total. The second-order valence-electron chi connectivity index (χ2n) is 6.62. The number of rotatable bonds is 2. The van der Waals surface area contributed by atoms with Crippen molar-refractivity contribution in [1.82, 2.24) is 24.8 Å². The molecule has 1 N–H and O–H groups in total. The van der Waals surface area contributed by atoms with Crippen LogP contribution in [0.15, 0.2) is 12.3 Å². The summed E-state index contributed by atoms with van der Waals surface area (Å²) >= 11 is 0. The zero-order valence-corrected chi connectivity index (χ0v) is 13.0. The van der Waals surface area contributed by atoms with Gasteiger partial charge in [-0.25, -0.2) is 9.50 Å². The lowest BCUT2D eigenvalue weighted by Gasteiger charge is -2.23. The third-order valence-corrected chi connectivity index (χ3v) is 4.78. The van der Waals surface area contributed by atoms with Crippen LogP contribution >= 0.6 is 0 Å². The van der Waals surface area contributed by atoms with Crippen LogP contribution in [0.4, 0.5) is 0 Å². The molecule has 0 aromatic carbocycles. The molecule has 116 valence electrons. The number of piperidine rings is 1. The molecule has 0 radical (unpaired) electrons. The topological polar surface area (TPSA) is 62.5 Å². The third kappa shape index (κ3) is 2.27. The maximum atomic E-state index is 12.0. The van der Waals surface area contributed by atoms with Gasteiger partial charge < -0.3 is 5.32 Å². The monoisotopic (exact) mass is 299 g/mol. The van der Waals surface area contributed by atoms with Crippen molar-refractivity contribution in [3.8, 4) is 0 Å². The molecule has 22 heavy (non-hydrogen) atoms. The van der Waals surface area contributed by atoms with Gasteiger partial charge >= 0.3 is 0 Å². The molecule has 5 heterocycles. The van der Waals surface area contributed by atoms with Crippen molar-refractivity contribution < 1.29 is 4.79 Å². The molecule has 2 bridgehead atoms. The van der Waals surface area contributed by atoms with Gasteiger partial charge in [0.25, 0.3) is 0 Å². The van der Waals surface area contributed by atoms with Crippen molar-refractivity contribution in [1.29, 1.82) is 0 Å². The zero-order valence-electron chi connectivity index (χ0n) is 13.0. The number of aryl methyl sites for hydroxylation is 2. The lowest BCUT2D eigenvalue weighted by Crippen LogP contribution is -2.43. The van der Waals surface area contributed by atoms with E-state index >= 15 is 0 Å². The number of hydrogen-bond donors (Lipinski definition) is 1. The highest BCUT2D eigenvalue weighted by Crippen LogP contribution is 2.24. The maximum absolute atomic E-state index is 12.0. The van der Waals surface area contributed by atoms with E-state index in [0.29, 0.717) is 6.04 Å². The molecule has 3 saturated heterocycles. The van der Waals surface area contributed by atoms with E-state index in [-0.39, 0.29) is 11.8 Å². The maximum Gasteiger partial charge on any atom is 0.224 e. The number of hydrogen-bond acceptors (Lipinski definition) is 4. The van der Waals surface area contributed by atoms with Gasteiger partial charge in [-0.2, -0.15) is 5.10 Å².